The van der Waals surface area contributed by atoms with Gasteiger partial charge in [0, 0.05) is 12.1 Å². The van der Waals surface area contributed by atoms with E-state index >= 15 is 0 Å². The highest BCUT2D eigenvalue weighted by atomic mass is 127. The van der Waals surface area contributed by atoms with E-state index in [1.807, 2.05) is 22.6 Å². The van der Waals surface area contributed by atoms with Crippen molar-refractivity contribution in [2.45, 2.75) is 6.61 Å². The molecule has 1 saturated heterocycles. The third-order valence-electron chi connectivity index (χ3n) is 5.29. The number of nitro groups is 1. The van der Waals surface area contributed by atoms with Crippen molar-refractivity contribution in [2.75, 3.05) is 12.0 Å². The Morgan fingerprint density at radius 2 is 1.81 bits per heavy atom. The van der Waals surface area contributed by atoms with E-state index in [1.54, 1.807) is 36.4 Å². The van der Waals surface area contributed by atoms with Gasteiger partial charge in [0.2, 0.25) is 0 Å². The number of nitro benzene ring substituents is 1. The first-order chi connectivity index (χ1) is 17.7. The number of urea groups is 1. The molecule has 1 heterocycles. The number of nitrogens with one attached hydrogen (secondary N) is 1. The summed E-state index contributed by atoms with van der Waals surface area (Å²) in [6.45, 7) is 0.126. The molecule has 0 aromatic heterocycles. The summed E-state index contributed by atoms with van der Waals surface area (Å²) in [7, 11) is 1.44. The fourth-order valence-electron chi connectivity index (χ4n) is 3.51. The summed E-state index contributed by atoms with van der Waals surface area (Å²) < 4.78 is 12.0. The molecule has 1 fully saturated rings. The van der Waals surface area contributed by atoms with Gasteiger partial charge in [-0.15, -0.1) is 0 Å². The van der Waals surface area contributed by atoms with E-state index in [1.165, 1.54) is 37.5 Å². The zero-order chi connectivity index (χ0) is 26.7. The number of carbonyl (C=O) groups is 3. The lowest BCUT2D eigenvalue weighted by atomic mass is 10.1. The van der Waals surface area contributed by atoms with Crippen molar-refractivity contribution in [1.29, 1.82) is 0 Å². The summed E-state index contributed by atoms with van der Waals surface area (Å²) >= 11 is 8.19. The number of halogens is 2. The third-order valence-corrected chi connectivity index (χ3v) is 6.41. The van der Waals surface area contributed by atoms with Crippen LogP contribution in [0.15, 0.2) is 66.2 Å². The molecular formula is C25H17ClIN3O7. The first kappa shape index (κ1) is 26.1. The van der Waals surface area contributed by atoms with Gasteiger partial charge in [-0.25, -0.2) is 9.69 Å². The number of nitrogens with zero attached hydrogens (tertiary/aromatic N) is 2. The maximum Gasteiger partial charge on any atom is 0.335 e. The van der Waals surface area contributed by atoms with E-state index in [0.717, 1.165) is 4.90 Å². The monoisotopic (exact) mass is 633 g/mol. The predicted octanol–water partition coefficient (Wildman–Crippen LogP) is 5.11. The smallest absolute Gasteiger partial charge is 0.335 e. The van der Waals surface area contributed by atoms with Crippen LogP contribution in [0.1, 0.15) is 11.1 Å². The molecule has 0 atom stereocenters. The minimum Gasteiger partial charge on any atom is -0.493 e. The van der Waals surface area contributed by atoms with Gasteiger partial charge >= 0.3 is 6.03 Å². The highest BCUT2D eigenvalue weighted by Gasteiger charge is 2.37. The summed E-state index contributed by atoms with van der Waals surface area (Å²) in [5.74, 6) is -0.917. The lowest BCUT2D eigenvalue weighted by molar-refractivity contribution is -0.384. The lowest BCUT2D eigenvalue weighted by Gasteiger charge is -2.27. The zero-order valence-electron chi connectivity index (χ0n) is 19.1. The number of ether oxygens (including phenoxy) is 2. The number of non-ortho nitro benzene ring substituents is 1. The van der Waals surface area contributed by atoms with Crippen LogP contribution in [0.25, 0.3) is 6.08 Å². The molecule has 4 rings (SSSR count). The molecule has 0 radical (unpaired) electrons. The van der Waals surface area contributed by atoms with Crippen LogP contribution < -0.4 is 19.7 Å². The van der Waals surface area contributed by atoms with Crippen molar-refractivity contribution in [3.8, 4) is 11.5 Å². The third kappa shape index (κ3) is 5.57. The van der Waals surface area contributed by atoms with Gasteiger partial charge in [-0.05, 0) is 76.2 Å². The Morgan fingerprint density at radius 1 is 1.11 bits per heavy atom. The molecule has 0 unspecified atom stereocenters. The summed E-state index contributed by atoms with van der Waals surface area (Å²) in [4.78, 5) is 49.3. The fourth-order valence-corrected chi connectivity index (χ4v) is 4.51. The van der Waals surface area contributed by atoms with Crippen molar-refractivity contribution in [3.05, 3.63) is 96.1 Å². The summed E-state index contributed by atoms with van der Waals surface area (Å²) in [5, 5.41) is 13.2. The van der Waals surface area contributed by atoms with Gasteiger partial charge in [-0.1, -0.05) is 23.7 Å². The van der Waals surface area contributed by atoms with Crippen molar-refractivity contribution >= 4 is 69.5 Å². The standard InChI is InChI=1S/C25H17ClIN3O7/c1-36-21-12-15(11-19(27)22(21)37-13-14-6-8-16(9-7-14)30(34)35)10-17-23(31)28-25(33)29(24(17)32)20-5-3-2-4-18(20)26/h2-12H,13H2,1H3,(H,28,31,33)/b17-10+. The molecule has 1 aliphatic rings. The molecule has 0 bridgehead atoms. The maximum atomic E-state index is 13.2. The van der Waals surface area contributed by atoms with Gasteiger partial charge in [0.15, 0.2) is 11.5 Å². The molecule has 37 heavy (non-hydrogen) atoms. The van der Waals surface area contributed by atoms with Crippen LogP contribution in [-0.2, 0) is 16.2 Å². The molecule has 12 heteroatoms. The van der Waals surface area contributed by atoms with E-state index < -0.39 is 22.8 Å². The lowest BCUT2D eigenvalue weighted by Crippen LogP contribution is -2.54. The predicted molar refractivity (Wildman–Crippen MR) is 144 cm³/mol. The Bertz CT molecular complexity index is 1460. The molecule has 188 valence electrons. The van der Waals surface area contributed by atoms with Gasteiger partial charge in [-0.2, -0.15) is 0 Å². The summed E-state index contributed by atoms with van der Waals surface area (Å²) in [6.07, 6.45) is 1.35. The molecule has 1 N–H and O–H groups in total. The van der Waals surface area contributed by atoms with Crippen molar-refractivity contribution in [3.63, 3.8) is 0 Å². The van der Waals surface area contributed by atoms with Crippen molar-refractivity contribution in [1.82, 2.24) is 5.32 Å². The number of anilines is 1. The van der Waals surface area contributed by atoms with Crippen LogP contribution in [0, 0.1) is 13.7 Å². The van der Waals surface area contributed by atoms with E-state index in [4.69, 9.17) is 21.1 Å². The number of amides is 4. The number of hydrogen-bond acceptors (Lipinski definition) is 7. The van der Waals surface area contributed by atoms with Crippen LogP contribution in [0.4, 0.5) is 16.2 Å². The Hall–Kier alpha value is -3.97. The second kappa shape index (κ2) is 11.0. The number of barbiturate groups is 1. The normalized spacial score (nSPS) is 14.5. The van der Waals surface area contributed by atoms with Crippen LogP contribution in [0.3, 0.4) is 0 Å². The van der Waals surface area contributed by atoms with Gasteiger partial charge < -0.3 is 9.47 Å². The Balaban J connectivity index is 1.62. The average Bonchev–Trinajstić information content (AvgIpc) is 2.87. The van der Waals surface area contributed by atoms with Gasteiger partial charge in [-0.3, -0.25) is 25.0 Å². The zero-order valence-corrected chi connectivity index (χ0v) is 22.0. The molecule has 10 nitrogen and oxygen atoms in total. The first-order valence-corrected chi connectivity index (χ1v) is 12.0. The largest absolute Gasteiger partial charge is 0.493 e. The van der Waals surface area contributed by atoms with Crippen molar-refractivity contribution in [2.24, 2.45) is 0 Å². The van der Waals surface area contributed by atoms with Crippen LogP contribution >= 0.6 is 34.2 Å². The highest BCUT2D eigenvalue weighted by molar-refractivity contribution is 14.1. The van der Waals surface area contributed by atoms with Crippen molar-refractivity contribution < 1.29 is 28.8 Å². The Morgan fingerprint density at radius 3 is 2.46 bits per heavy atom. The second-order valence-electron chi connectivity index (χ2n) is 7.66. The topological polar surface area (TPSA) is 128 Å². The van der Waals surface area contributed by atoms with Gasteiger partial charge in [0.05, 0.1) is 26.3 Å². The number of imide groups is 2. The van der Waals surface area contributed by atoms with Gasteiger partial charge in [0.25, 0.3) is 17.5 Å². The van der Waals surface area contributed by atoms with Crippen LogP contribution in [0.5, 0.6) is 11.5 Å². The number of carbonyl (C=O) groups excluding carboxylic acids is 3. The Labute approximate surface area is 229 Å². The minimum absolute atomic E-state index is 0.0237. The maximum absolute atomic E-state index is 13.2. The number of rotatable bonds is 7. The van der Waals surface area contributed by atoms with E-state index in [2.05, 4.69) is 5.32 Å². The quantitative estimate of drug-likeness (QED) is 0.126. The SMILES string of the molecule is COc1cc(/C=C2\C(=O)NC(=O)N(c3ccccc3Cl)C2=O)cc(I)c1OCc1ccc([N+](=O)[O-])cc1. The van der Waals surface area contributed by atoms with Gasteiger partial charge in [0.1, 0.15) is 12.2 Å². The first-order valence-electron chi connectivity index (χ1n) is 10.6. The molecule has 4 amide bonds. The highest BCUT2D eigenvalue weighted by Crippen LogP contribution is 2.36. The number of hydrogen-bond donors (Lipinski definition) is 1. The molecule has 0 saturated carbocycles. The molecule has 3 aromatic carbocycles. The van der Waals surface area contributed by atoms with E-state index in [-0.39, 0.29) is 28.6 Å². The minimum atomic E-state index is -0.901. The van der Waals surface area contributed by atoms with Crippen LogP contribution in [0.2, 0.25) is 5.02 Å². The molecule has 1 aliphatic heterocycles. The van der Waals surface area contributed by atoms with E-state index in [9.17, 15) is 24.5 Å². The molecule has 3 aromatic rings. The number of para-hydroxylation sites is 1. The number of methoxy groups -OCH3 is 1. The fraction of sp³-hybridized carbons (Fsp3) is 0.0800. The molecule has 0 aliphatic carbocycles. The second-order valence-corrected chi connectivity index (χ2v) is 9.22. The van der Waals surface area contributed by atoms with Crippen LogP contribution in [-0.4, -0.2) is 29.9 Å². The Kier molecular flexibility index (Phi) is 7.74. The average molecular weight is 634 g/mol. The summed E-state index contributed by atoms with van der Waals surface area (Å²) in [5.41, 5.74) is 1.02. The molecule has 0 spiro atoms. The summed E-state index contributed by atoms with van der Waals surface area (Å²) in [6, 6.07) is 14.6. The van der Waals surface area contributed by atoms with E-state index in [0.29, 0.717) is 26.2 Å². The number of benzene rings is 3. The molecular weight excluding hydrogens is 617 g/mol.